The number of esters is 1. The zero-order chi connectivity index (χ0) is 17.0. The van der Waals surface area contributed by atoms with Gasteiger partial charge in [0.25, 0.3) is 0 Å². The molecule has 0 aromatic heterocycles. The number of alkyl halides is 3. The number of hydrogen-bond donors (Lipinski definition) is 1. The molecule has 2 rings (SSSR count). The zero-order valence-corrected chi connectivity index (χ0v) is 12.4. The van der Waals surface area contributed by atoms with Crippen molar-refractivity contribution in [2.75, 3.05) is 7.11 Å². The maximum absolute atomic E-state index is 12.6. The van der Waals surface area contributed by atoms with Crippen LogP contribution >= 0.6 is 0 Å². The molecular formula is C17H16F3NO2. The van der Waals surface area contributed by atoms with E-state index in [1.54, 1.807) is 24.3 Å². The highest BCUT2D eigenvalue weighted by Crippen LogP contribution is 2.32. The average Bonchev–Trinajstić information content (AvgIpc) is 2.54. The molecule has 3 nitrogen and oxygen atoms in total. The fraction of sp³-hybridized carbons (Fsp3) is 0.235. The molecule has 6 heteroatoms. The van der Waals surface area contributed by atoms with E-state index in [9.17, 15) is 18.0 Å². The average molecular weight is 323 g/mol. The lowest BCUT2D eigenvalue weighted by Crippen LogP contribution is -2.33. The summed E-state index contributed by atoms with van der Waals surface area (Å²) in [5, 5.41) is 0. The second-order valence-corrected chi connectivity index (χ2v) is 5.07. The first-order valence-electron chi connectivity index (χ1n) is 6.92. The molecule has 1 atom stereocenters. The van der Waals surface area contributed by atoms with Crippen LogP contribution in [0.1, 0.15) is 11.1 Å². The normalized spacial score (nSPS) is 12.7. The molecule has 0 spiro atoms. The molecule has 0 amide bonds. The number of rotatable bonds is 4. The van der Waals surface area contributed by atoms with E-state index in [-0.39, 0.29) is 6.42 Å². The third-order valence-corrected chi connectivity index (χ3v) is 3.48. The molecule has 2 N–H and O–H groups in total. The summed E-state index contributed by atoms with van der Waals surface area (Å²) < 4.78 is 42.5. The van der Waals surface area contributed by atoms with Crippen LogP contribution in [0.2, 0.25) is 0 Å². The first kappa shape index (κ1) is 17.0. The summed E-state index contributed by atoms with van der Waals surface area (Å²) in [7, 11) is 1.25. The third kappa shape index (κ3) is 4.10. The van der Waals surface area contributed by atoms with Gasteiger partial charge in [-0.3, -0.25) is 4.79 Å². The van der Waals surface area contributed by atoms with Gasteiger partial charge in [0.05, 0.1) is 12.7 Å². The van der Waals surface area contributed by atoms with Crippen LogP contribution in [0.4, 0.5) is 13.2 Å². The molecule has 122 valence electrons. The van der Waals surface area contributed by atoms with Gasteiger partial charge in [-0.15, -0.1) is 0 Å². The molecule has 2 aromatic rings. The van der Waals surface area contributed by atoms with Crippen LogP contribution in [0.3, 0.4) is 0 Å². The Hall–Kier alpha value is -2.34. The lowest BCUT2D eigenvalue weighted by atomic mass is 9.95. The van der Waals surface area contributed by atoms with Crippen molar-refractivity contribution in [2.45, 2.75) is 18.6 Å². The fourth-order valence-corrected chi connectivity index (χ4v) is 2.29. The monoisotopic (exact) mass is 323 g/mol. The number of halogens is 3. The second kappa shape index (κ2) is 6.83. The summed E-state index contributed by atoms with van der Waals surface area (Å²) in [6, 6.07) is 11.2. The molecule has 0 fully saturated rings. The van der Waals surface area contributed by atoms with Crippen LogP contribution < -0.4 is 5.73 Å². The van der Waals surface area contributed by atoms with Gasteiger partial charge < -0.3 is 10.5 Å². The summed E-state index contributed by atoms with van der Waals surface area (Å²) in [5.74, 6) is -0.535. The van der Waals surface area contributed by atoms with Crippen LogP contribution in [0.25, 0.3) is 11.1 Å². The van der Waals surface area contributed by atoms with Gasteiger partial charge in [-0.2, -0.15) is 13.2 Å². The first-order valence-corrected chi connectivity index (χ1v) is 6.92. The van der Waals surface area contributed by atoms with E-state index in [1.807, 2.05) is 0 Å². The van der Waals surface area contributed by atoms with Crippen molar-refractivity contribution >= 4 is 5.97 Å². The van der Waals surface area contributed by atoms with Crippen molar-refractivity contribution in [3.05, 3.63) is 59.7 Å². The summed E-state index contributed by atoms with van der Waals surface area (Å²) >= 11 is 0. The Morgan fingerprint density at radius 3 is 2.30 bits per heavy atom. The number of carbonyl (C=O) groups excluding carboxylic acids is 1. The maximum Gasteiger partial charge on any atom is 0.416 e. The Morgan fingerprint density at radius 1 is 1.13 bits per heavy atom. The van der Waals surface area contributed by atoms with Gasteiger partial charge in [-0.05, 0) is 35.2 Å². The highest BCUT2D eigenvalue weighted by Gasteiger charge is 2.30. The van der Waals surface area contributed by atoms with Crippen LogP contribution in [-0.4, -0.2) is 19.1 Å². The van der Waals surface area contributed by atoms with Crippen LogP contribution in [0.5, 0.6) is 0 Å². The number of benzene rings is 2. The molecule has 1 unspecified atom stereocenters. The Balaban J connectivity index is 2.31. The lowest BCUT2D eigenvalue weighted by Gasteiger charge is -2.14. The quantitative estimate of drug-likeness (QED) is 0.877. The predicted octanol–water partition coefficient (Wildman–Crippen LogP) is 3.42. The Bertz CT molecular complexity index is 681. The van der Waals surface area contributed by atoms with Crippen molar-refractivity contribution in [1.29, 1.82) is 0 Å². The highest BCUT2D eigenvalue weighted by atomic mass is 19.4. The van der Waals surface area contributed by atoms with Gasteiger partial charge >= 0.3 is 12.1 Å². The number of hydrogen-bond acceptors (Lipinski definition) is 3. The largest absolute Gasteiger partial charge is 0.468 e. The molecule has 0 aliphatic carbocycles. The molecule has 0 saturated carbocycles. The zero-order valence-electron chi connectivity index (χ0n) is 12.4. The van der Waals surface area contributed by atoms with Gasteiger partial charge in [0.1, 0.15) is 6.04 Å². The van der Waals surface area contributed by atoms with Gasteiger partial charge in [-0.1, -0.05) is 36.4 Å². The molecule has 0 radical (unpaired) electrons. The molecular weight excluding hydrogens is 307 g/mol. The number of nitrogens with two attached hydrogens (primary N) is 1. The van der Waals surface area contributed by atoms with Gasteiger partial charge in [0.2, 0.25) is 0 Å². The van der Waals surface area contributed by atoms with Crippen molar-refractivity contribution in [3.8, 4) is 11.1 Å². The minimum absolute atomic E-state index is 0.240. The molecule has 0 saturated heterocycles. The number of ether oxygens (including phenoxy) is 1. The minimum Gasteiger partial charge on any atom is -0.468 e. The van der Waals surface area contributed by atoms with E-state index < -0.39 is 23.8 Å². The fourth-order valence-electron chi connectivity index (χ4n) is 2.29. The van der Waals surface area contributed by atoms with E-state index in [1.165, 1.54) is 19.2 Å². The summed E-state index contributed by atoms with van der Waals surface area (Å²) in [4.78, 5) is 11.4. The van der Waals surface area contributed by atoms with Crippen molar-refractivity contribution in [3.63, 3.8) is 0 Å². The SMILES string of the molecule is COC(=O)C(N)Cc1ccccc1-c1ccc(C(F)(F)F)cc1. The van der Waals surface area contributed by atoms with Gasteiger partial charge in [0.15, 0.2) is 0 Å². The summed E-state index contributed by atoms with van der Waals surface area (Å²) in [6.45, 7) is 0. The topological polar surface area (TPSA) is 52.3 Å². The molecule has 23 heavy (non-hydrogen) atoms. The molecule has 0 bridgehead atoms. The number of carbonyl (C=O) groups is 1. The smallest absolute Gasteiger partial charge is 0.416 e. The van der Waals surface area contributed by atoms with E-state index in [0.717, 1.165) is 23.3 Å². The first-order chi connectivity index (χ1) is 10.8. The molecule has 0 aliphatic heterocycles. The number of methoxy groups -OCH3 is 1. The van der Waals surface area contributed by atoms with E-state index >= 15 is 0 Å². The van der Waals surface area contributed by atoms with Crippen molar-refractivity contribution < 1.29 is 22.7 Å². The van der Waals surface area contributed by atoms with Crippen molar-refractivity contribution in [1.82, 2.24) is 0 Å². The maximum atomic E-state index is 12.6. The van der Waals surface area contributed by atoms with Crippen LogP contribution in [0.15, 0.2) is 48.5 Å². The Kier molecular flexibility index (Phi) is 5.05. The molecule has 0 heterocycles. The van der Waals surface area contributed by atoms with Gasteiger partial charge in [0, 0.05) is 0 Å². The van der Waals surface area contributed by atoms with Crippen LogP contribution in [-0.2, 0) is 22.1 Å². The summed E-state index contributed by atoms with van der Waals surface area (Å²) in [5.41, 5.74) is 7.20. The van der Waals surface area contributed by atoms with E-state index in [2.05, 4.69) is 4.74 Å². The second-order valence-electron chi connectivity index (χ2n) is 5.07. The van der Waals surface area contributed by atoms with E-state index in [4.69, 9.17) is 5.73 Å². The predicted molar refractivity (Wildman–Crippen MR) is 80.6 cm³/mol. The van der Waals surface area contributed by atoms with Crippen LogP contribution in [0, 0.1) is 0 Å². The lowest BCUT2D eigenvalue weighted by molar-refractivity contribution is -0.142. The van der Waals surface area contributed by atoms with Gasteiger partial charge in [-0.25, -0.2) is 0 Å². The third-order valence-electron chi connectivity index (χ3n) is 3.48. The highest BCUT2D eigenvalue weighted by molar-refractivity contribution is 5.77. The van der Waals surface area contributed by atoms with E-state index in [0.29, 0.717) is 5.56 Å². The standard InChI is InChI=1S/C17H16F3NO2/c1-23-16(22)15(21)10-12-4-2-3-5-14(12)11-6-8-13(9-7-11)17(18,19)20/h2-9,15H,10,21H2,1H3. The molecule has 0 aliphatic rings. The minimum atomic E-state index is -4.37. The summed E-state index contributed by atoms with van der Waals surface area (Å²) in [6.07, 6.45) is -4.13. The van der Waals surface area contributed by atoms with Crippen molar-refractivity contribution in [2.24, 2.45) is 5.73 Å². The Labute approximate surface area is 131 Å². The Morgan fingerprint density at radius 2 is 1.74 bits per heavy atom. The molecule has 2 aromatic carbocycles.